The van der Waals surface area contributed by atoms with Crippen molar-refractivity contribution in [3.05, 3.63) is 94.6 Å². The fourth-order valence-corrected chi connectivity index (χ4v) is 3.38. The molecule has 0 saturated carbocycles. The highest BCUT2D eigenvalue weighted by Gasteiger charge is 2.14. The molecular formula is C29H34N8O7. The van der Waals surface area contributed by atoms with Crippen LogP contribution >= 0.6 is 0 Å². The summed E-state index contributed by atoms with van der Waals surface area (Å²) in [5.74, 6) is 2.14. The van der Waals surface area contributed by atoms with Crippen LogP contribution in [0.1, 0.15) is 11.4 Å². The van der Waals surface area contributed by atoms with E-state index in [1.54, 1.807) is 61.9 Å². The highest BCUT2D eigenvalue weighted by atomic mass is 16.6. The number of nitro groups is 1. The van der Waals surface area contributed by atoms with E-state index >= 15 is 0 Å². The zero-order valence-corrected chi connectivity index (χ0v) is 24.8. The topological polar surface area (TPSA) is 201 Å². The van der Waals surface area contributed by atoms with E-state index in [-0.39, 0.29) is 5.69 Å². The Hall–Kier alpha value is -5.96. The molecule has 0 atom stereocenters. The summed E-state index contributed by atoms with van der Waals surface area (Å²) in [5, 5.41) is 31.1. The number of aromatic nitrogens is 2. The first-order valence-electron chi connectivity index (χ1n) is 12.8. The average molecular weight is 607 g/mol. The molecule has 0 fully saturated rings. The summed E-state index contributed by atoms with van der Waals surface area (Å²) in [4.78, 5) is 27.9. The average Bonchev–Trinajstić information content (AvgIpc) is 3.04. The zero-order chi connectivity index (χ0) is 32.3. The number of aliphatic hydroxyl groups is 1. The van der Waals surface area contributed by atoms with Crippen molar-refractivity contribution in [1.29, 1.82) is 0 Å². The monoisotopic (exact) mass is 606 g/mol. The lowest BCUT2D eigenvalue weighted by Gasteiger charge is -2.09. The molecule has 0 amide bonds. The van der Waals surface area contributed by atoms with E-state index in [0.29, 0.717) is 45.8 Å². The van der Waals surface area contributed by atoms with E-state index in [1.807, 2.05) is 19.2 Å². The van der Waals surface area contributed by atoms with Gasteiger partial charge in [-0.15, -0.1) is 0 Å². The Kier molecular flexibility index (Phi) is 14.4. The van der Waals surface area contributed by atoms with Gasteiger partial charge in [-0.05, 0) is 36.4 Å². The number of rotatable bonds is 11. The number of nitrogens with zero attached hydrogens (tertiary/aromatic N) is 5. The fourth-order valence-electron chi connectivity index (χ4n) is 3.38. The Morgan fingerprint density at radius 2 is 1.23 bits per heavy atom. The fraction of sp³-hybridized carbons (Fsp3) is 0.172. The summed E-state index contributed by atoms with van der Waals surface area (Å²) in [5.41, 5.74) is 8.92. The lowest BCUT2D eigenvalue weighted by atomic mass is 10.2. The van der Waals surface area contributed by atoms with Crippen LogP contribution in [0.2, 0.25) is 0 Å². The van der Waals surface area contributed by atoms with Crippen molar-refractivity contribution < 1.29 is 29.2 Å². The van der Waals surface area contributed by atoms with Gasteiger partial charge in [0.2, 0.25) is 0 Å². The second-order valence-corrected chi connectivity index (χ2v) is 8.06. The van der Waals surface area contributed by atoms with Crippen LogP contribution in [0.5, 0.6) is 23.0 Å². The number of nitrogen functional groups attached to an aromatic ring is 1. The number of anilines is 3. The van der Waals surface area contributed by atoms with Gasteiger partial charge < -0.3 is 40.6 Å². The third-order valence-electron chi connectivity index (χ3n) is 5.28. The van der Waals surface area contributed by atoms with Crippen LogP contribution in [0.15, 0.2) is 83.4 Å². The highest BCUT2D eigenvalue weighted by Crippen LogP contribution is 2.31. The van der Waals surface area contributed by atoms with Gasteiger partial charge in [-0.1, -0.05) is 10.3 Å². The van der Waals surface area contributed by atoms with Crippen LogP contribution in [-0.4, -0.2) is 67.9 Å². The molecule has 4 aromatic rings. The lowest BCUT2D eigenvalue weighted by molar-refractivity contribution is -0.384. The lowest BCUT2D eigenvalue weighted by Crippen LogP contribution is -1.97. The predicted molar refractivity (Wildman–Crippen MR) is 169 cm³/mol. The number of nitro benzene ring substituents is 1. The molecule has 232 valence electrons. The maximum absolute atomic E-state index is 11.0. The number of oxime groups is 2. The molecule has 0 unspecified atom stereocenters. The molecule has 0 aliphatic rings. The van der Waals surface area contributed by atoms with E-state index < -0.39 is 4.92 Å². The van der Waals surface area contributed by atoms with Gasteiger partial charge in [-0.3, -0.25) is 20.1 Å². The van der Waals surface area contributed by atoms with E-state index in [2.05, 4.69) is 40.6 Å². The summed E-state index contributed by atoms with van der Waals surface area (Å²) in [6.45, 7) is 0. The number of pyridine rings is 2. The van der Waals surface area contributed by atoms with E-state index in [1.165, 1.54) is 32.7 Å². The summed E-state index contributed by atoms with van der Waals surface area (Å²) in [6, 6.07) is 16.8. The molecule has 15 heteroatoms. The van der Waals surface area contributed by atoms with Gasteiger partial charge >= 0.3 is 0 Å². The summed E-state index contributed by atoms with van der Waals surface area (Å²) in [7, 11) is 7.34. The third-order valence-corrected chi connectivity index (χ3v) is 5.28. The van der Waals surface area contributed by atoms with Crippen molar-refractivity contribution in [2.45, 2.75) is 0 Å². The van der Waals surface area contributed by atoms with Crippen molar-refractivity contribution >= 4 is 35.2 Å². The number of hydrogen-bond acceptors (Lipinski definition) is 14. The first-order valence-corrected chi connectivity index (χ1v) is 12.8. The first kappa shape index (κ1) is 34.2. The summed E-state index contributed by atoms with van der Waals surface area (Å²) >= 11 is 0. The molecule has 0 aliphatic heterocycles. The molecule has 4 rings (SSSR count). The highest BCUT2D eigenvalue weighted by molar-refractivity contribution is 5.77. The maximum atomic E-state index is 11.0. The number of aliphatic hydroxyl groups excluding tert-OH is 1. The molecule has 2 aromatic heterocycles. The molecule has 0 spiro atoms. The van der Waals surface area contributed by atoms with Crippen molar-refractivity contribution in [3.63, 3.8) is 0 Å². The number of nitrogens with two attached hydrogens (primary N) is 1. The van der Waals surface area contributed by atoms with Crippen LogP contribution in [0.25, 0.3) is 0 Å². The van der Waals surface area contributed by atoms with E-state index in [9.17, 15) is 10.1 Å². The normalized spacial score (nSPS) is 10.1. The molecule has 0 bridgehead atoms. The van der Waals surface area contributed by atoms with Gasteiger partial charge in [0.1, 0.15) is 42.9 Å². The van der Waals surface area contributed by atoms with Gasteiger partial charge in [0, 0.05) is 51.8 Å². The van der Waals surface area contributed by atoms with Crippen LogP contribution in [0.3, 0.4) is 0 Å². The van der Waals surface area contributed by atoms with Gasteiger partial charge in [0.25, 0.3) is 5.69 Å². The molecule has 2 heterocycles. The third kappa shape index (κ3) is 10.8. The molecule has 0 radical (unpaired) electrons. The second kappa shape index (κ2) is 18.5. The second-order valence-electron chi connectivity index (χ2n) is 8.06. The molecule has 44 heavy (non-hydrogen) atoms. The standard InChI is InChI=1S/C14H14N4O4.C14H16N4O2.CH4O/c1-15-13-4-3-11(8-14(13)18(19)20)22-12-5-6-16-10(7-12)9-17-21-2;1-16-14-4-3-11(8-13(14)15)20-12-5-6-17-10(7-12)9-18-19-2;1-2/h3-9,15H,1-2H3;3-9,16H,15H2,1-2H3;2H,1H3/b17-9-;18-9-;. The van der Waals surface area contributed by atoms with Gasteiger partial charge in [0.05, 0.1) is 46.2 Å². The molecule has 0 saturated heterocycles. The van der Waals surface area contributed by atoms with Crippen molar-refractivity contribution in [1.82, 2.24) is 9.97 Å². The SMILES string of the molecule is CNc1ccc(Oc2ccnc(/C=N\OC)c2)cc1N.CNc1ccc(Oc2ccnc(/C=N\OC)c2)cc1[N+](=O)[O-].CO. The minimum atomic E-state index is -0.470. The summed E-state index contributed by atoms with van der Waals surface area (Å²) in [6.07, 6.45) is 6.12. The largest absolute Gasteiger partial charge is 0.457 e. The van der Waals surface area contributed by atoms with Crippen LogP contribution in [-0.2, 0) is 9.68 Å². The Morgan fingerprint density at radius 3 is 1.66 bits per heavy atom. The van der Waals surface area contributed by atoms with Crippen molar-refractivity contribution in [2.75, 3.05) is 51.8 Å². The quantitative estimate of drug-likeness (QED) is 0.0780. The molecule has 2 aromatic carbocycles. The minimum absolute atomic E-state index is 0.0600. The Morgan fingerprint density at radius 1 is 0.773 bits per heavy atom. The predicted octanol–water partition coefficient (Wildman–Crippen LogP) is 4.89. The first-order chi connectivity index (χ1) is 21.4. The molecule has 5 N–H and O–H groups in total. The molecular weight excluding hydrogens is 572 g/mol. The van der Waals surface area contributed by atoms with E-state index in [0.717, 1.165) is 12.8 Å². The molecule has 15 nitrogen and oxygen atoms in total. The number of benzene rings is 2. The Balaban J connectivity index is 0.000000292. The summed E-state index contributed by atoms with van der Waals surface area (Å²) < 4.78 is 11.3. The van der Waals surface area contributed by atoms with Crippen LogP contribution in [0.4, 0.5) is 22.7 Å². The smallest absolute Gasteiger partial charge is 0.296 e. The van der Waals surface area contributed by atoms with Crippen molar-refractivity contribution in [3.8, 4) is 23.0 Å². The number of nitrogens with one attached hydrogen (secondary N) is 2. The zero-order valence-electron chi connectivity index (χ0n) is 24.8. The number of hydrogen-bond donors (Lipinski definition) is 4. The van der Waals surface area contributed by atoms with Crippen molar-refractivity contribution in [2.24, 2.45) is 10.3 Å². The van der Waals surface area contributed by atoms with Gasteiger partial charge in [-0.25, -0.2) is 0 Å². The van der Waals surface area contributed by atoms with Crippen LogP contribution in [0, 0.1) is 10.1 Å². The van der Waals surface area contributed by atoms with Gasteiger partial charge in [-0.2, -0.15) is 0 Å². The molecule has 0 aliphatic carbocycles. The van der Waals surface area contributed by atoms with Gasteiger partial charge in [0.15, 0.2) is 0 Å². The Bertz CT molecular complexity index is 1550. The van der Waals surface area contributed by atoms with E-state index in [4.69, 9.17) is 20.3 Å². The van der Waals surface area contributed by atoms with Crippen LogP contribution < -0.4 is 25.8 Å². The number of ether oxygens (including phenoxy) is 2. The minimum Gasteiger partial charge on any atom is -0.457 e. The Labute approximate surface area is 254 Å². The maximum Gasteiger partial charge on any atom is 0.296 e.